The van der Waals surface area contributed by atoms with E-state index >= 15 is 0 Å². The number of carbonyl (C=O) groups excluding carboxylic acids is 4. The number of ether oxygens (including phenoxy) is 1. The highest BCUT2D eigenvalue weighted by Crippen LogP contribution is 2.28. The molecule has 0 spiro atoms. The van der Waals surface area contributed by atoms with Gasteiger partial charge in [-0.15, -0.1) is 0 Å². The van der Waals surface area contributed by atoms with Crippen molar-refractivity contribution in [1.82, 2.24) is 9.80 Å². The fourth-order valence-electron chi connectivity index (χ4n) is 3.25. The van der Waals surface area contributed by atoms with Gasteiger partial charge in [-0.1, -0.05) is 25.0 Å². The third-order valence-electron chi connectivity index (χ3n) is 4.45. The largest absolute Gasteiger partial charge is 0.433 e. The van der Waals surface area contributed by atoms with E-state index in [0.717, 1.165) is 17.7 Å². The fraction of sp³-hybridized carbons (Fsp3) is 0.412. The van der Waals surface area contributed by atoms with E-state index in [1.807, 2.05) is 0 Å². The van der Waals surface area contributed by atoms with Crippen LogP contribution in [0.3, 0.4) is 0 Å². The van der Waals surface area contributed by atoms with Crippen LogP contribution in [0.5, 0.6) is 5.75 Å². The first-order valence-electron chi connectivity index (χ1n) is 8.41. The first-order chi connectivity index (χ1) is 12.9. The smallest absolute Gasteiger partial charge is 0.387 e. The molecule has 27 heavy (non-hydrogen) atoms. The molecule has 8 nitrogen and oxygen atoms in total. The predicted octanol–water partition coefficient (Wildman–Crippen LogP) is 1.96. The molecule has 2 fully saturated rings. The van der Waals surface area contributed by atoms with Crippen LogP contribution in [-0.4, -0.2) is 52.8 Å². The number of benzene rings is 1. The average molecular weight is 381 g/mol. The quantitative estimate of drug-likeness (QED) is 0.600. The van der Waals surface area contributed by atoms with Crippen molar-refractivity contribution in [1.29, 1.82) is 0 Å². The molecular weight excluding hydrogens is 364 g/mol. The number of anilines is 1. The van der Waals surface area contributed by atoms with E-state index in [1.54, 1.807) is 0 Å². The number of para-hydroxylation sites is 2. The van der Waals surface area contributed by atoms with Gasteiger partial charge in [0.05, 0.1) is 5.69 Å². The minimum atomic E-state index is -3.08. The molecule has 1 saturated heterocycles. The Morgan fingerprint density at radius 2 is 1.81 bits per heavy atom. The number of hydrogen-bond donors (Lipinski definition) is 1. The number of imide groups is 2. The van der Waals surface area contributed by atoms with Crippen molar-refractivity contribution in [3.8, 4) is 5.75 Å². The Labute approximate surface area is 153 Å². The lowest BCUT2D eigenvalue weighted by molar-refractivity contribution is -0.144. The van der Waals surface area contributed by atoms with Gasteiger partial charge < -0.3 is 10.1 Å². The summed E-state index contributed by atoms with van der Waals surface area (Å²) in [5, 5.41) is 2.31. The Bertz CT molecular complexity index is 780. The number of amides is 5. The van der Waals surface area contributed by atoms with Gasteiger partial charge in [-0.3, -0.25) is 19.3 Å². The van der Waals surface area contributed by atoms with Crippen molar-refractivity contribution in [2.75, 3.05) is 11.9 Å². The number of carbonyl (C=O) groups is 4. The number of alkyl halides is 2. The molecular formula is C17H17F2N3O5. The Kier molecular flexibility index (Phi) is 5.33. The van der Waals surface area contributed by atoms with E-state index in [-0.39, 0.29) is 17.5 Å². The maximum atomic E-state index is 12.4. The molecule has 0 bridgehead atoms. The van der Waals surface area contributed by atoms with Crippen LogP contribution in [0.1, 0.15) is 25.7 Å². The monoisotopic (exact) mass is 381 g/mol. The molecule has 2 aliphatic rings. The van der Waals surface area contributed by atoms with E-state index in [4.69, 9.17) is 0 Å². The predicted molar refractivity (Wildman–Crippen MR) is 87.9 cm³/mol. The second-order valence-electron chi connectivity index (χ2n) is 6.21. The van der Waals surface area contributed by atoms with Crippen molar-refractivity contribution < 1.29 is 32.7 Å². The van der Waals surface area contributed by atoms with Gasteiger partial charge in [-0.05, 0) is 25.0 Å². The molecule has 10 heteroatoms. The molecule has 1 saturated carbocycles. The summed E-state index contributed by atoms with van der Waals surface area (Å²) < 4.78 is 29.2. The van der Waals surface area contributed by atoms with Crippen LogP contribution in [-0.2, 0) is 14.4 Å². The zero-order valence-corrected chi connectivity index (χ0v) is 14.2. The lowest BCUT2D eigenvalue weighted by Crippen LogP contribution is -2.41. The van der Waals surface area contributed by atoms with E-state index in [0.29, 0.717) is 17.7 Å². The molecule has 1 N–H and O–H groups in total. The molecule has 0 unspecified atom stereocenters. The normalized spacial score (nSPS) is 18.0. The van der Waals surface area contributed by atoms with Gasteiger partial charge >= 0.3 is 24.5 Å². The van der Waals surface area contributed by atoms with Crippen molar-refractivity contribution in [2.45, 2.75) is 38.3 Å². The lowest BCUT2D eigenvalue weighted by Gasteiger charge is -2.21. The van der Waals surface area contributed by atoms with Crippen molar-refractivity contribution in [3.63, 3.8) is 0 Å². The SMILES string of the molecule is O=C(CN1C(=O)C(=O)N(C2CCCC2)C1=O)Nc1ccccc1OC(F)F. The number of nitrogens with one attached hydrogen (secondary N) is 1. The highest BCUT2D eigenvalue weighted by atomic mass is 19.3. The zero-order chi connectivity index (χ0) is 19.6. The van der Waals surface area contributed by atoms with Crippen LogP contribution in [0.25, 0.3) is 0 Å². The molecule has 0 aromatic heterocycles. The van der Waals surface area contributed by atoms with Gasteiger partial charge in [0.15, 0.2) is 0 Å². The number of halogens is 2. The van der Waals surface area contributed by atoms with E-state index in [1.165, 1.54) is 24.3 Å². The first-order valence-corrected chi connectivity index (χ1v) is 8.41. The standard InChI is InChI=1S/C17H17F2N3O5/c18-16(19)27-12-8-4-3-7-11(12)20-13(23)9-21-14(24)15(25)22(17(21)26)10-5-1-2-6-10/h3-4,7-8,10,16H,1-2,5-6,9H2,(H,20,23). The molecule has 1 aromatic rings. The van der Waals surface area contributed by atoms with Crippen LogP contribution in [0.2, 0.25) is 0 Å². The van der Waals surface area contributed by atoms with Gasteiger partial charge in [0, 0.05) is 6.04 Å². The summed E-state index contributed by atoms with van der Waals surface area (Å²) >= 11 is 0. The van der Waals surface area contributed by atoms with Gasteiger partial charge in [0.25, 0.3) is 0 Å². The summed E-state index contributed by atoms with van der Waals surface area (Å²) in [5.41, 5.74) is -0.0409. The minimum absolute atomic E-state index is 0.0409. The third-order valence-corrected chi connectivity index (χ3v) is 4.45. The van der Waals surface area contributed by atoms with Gasteiger partial charge in [0.2, 0.25) is 5.91 Å². The third kappa shape index (κ3) is 3.88. The lowest BCUT2D eigenvalue weighted by atomic mass is 10.2. The second kappa shape index (κ2) is 7.68. The van der Waals surface area contributed by atoms with Crippen molar-refractivity contribution >= 4 is 29.4 Å². The Hall–Kier alpha value is -3.04. The van der Waals surface area contributed by atoms with Crippen LogP contribution < -0.4 is 10.1 Å². The summed E-state index contributed by atoms with van der Waals surface area (Å²) in [6.07, 6.45) is 2.97. The number of urea groups is 1. The summed E-state index contributed by atoms with van der Waals surface area (Å²) in [6, 6.07) is 4.34. The fourth-order valence-corrected chi connectivity index (χ4v) is 3.25. The second-order valence-corrected chi connectivity index (χ2v) is 6.21. The van der Waals surface area contributed by atoms with E-state index < -0.39 is 36.9 Å². The van der Waals surface area contributed by atoms with Crippen LogP contribution >= 0.6 is 0 Å². The first kappa shape index (κ1) is 18.7. The highest BCUT2D eigenvalue weighted by Gasteiger charge is 2.48. The van der Waals surface area contributed by atoms with Gasteiger partial charge in [0.1, 0.15) is 12.3 Å². The maximum absolute atomic E-state index is 12.4. The topological polar surface area (TPSA) is 96.0 Å². The van der Waals surface area contributed by atoms with Crippen LogP contribution in [0.15, 0.2) is 24.3 Å². The molecule has 1 heterocycles. The van der Waals surface area contributed by atoms with E-state index in [2.05, 4.69) is 10.1 Å². The molecule has 144 valence electrons. The Morgan fingerprint density at radius 1 is 1.15 bits per heavy atom. The summed E-state index contributed by atoms with van der Waals surface area (Å²) in [7, 11) is 0. The van der Waals surface area contributed by atoms with Gasteiger partial charge in [-0.25, -0.2) is 9.69 Å². The number of nitrogens with zero attached hydrogens (tertiary/aromatic N) is 2. The van der Waals surface area contributed by atoms with Gasteiger partial charge in [-0.2, -0.15) is 8.78 Å². The molecule has 0 radical (unpaired) electrons. The molecule has 3 rings (SSSR count). The van der Waals surface area contributed by atoms with Crippen LogP contribution in [0, 0.1) is 0 Å². The molecule has 5 amide bonds. The van der Waals surface area contributed by atoms with Crippen molar-refractivity contribution in [3.05, 3.63) is 24.3 Å². The Morgan fingerprint density at radius 3 is 2.48 bits per heavy atom. The molecule has 1 aliphatic carbocycles. The summed E-state index contributed by atoms with van der Waals surface area (Å²) in [4.78, 5) is 50.3. The van der Waals surface area contributed by atoms with E-state index in [9.17, 15) is 28.0 Å². The highest BCUT2D eigenvalue weighted by molar-refractivity contribution is 6.45. The molecule has 1 aromatic carbocycles. The summed E-state index contributed by atoms with van der Waals surface area (Å²) in [5.74, 6) is -3.09. The number of rotatable bonds is 6. The molecule has 1 aliphatic heterocycles. The zero-order valence-electron chi connectivity index (χ0n) is 14.2. The maximum Gasteiger partial charge on any atom is 0.387 e. The van der Waals surface area contributed by atoms with Crippen molar-refractivity contribution in [2.24, 2.45) is 0 Å². The summed E-state index contributed by atoms with van der Waals surface area (Å²) in [6.45, 7) is -3.78. The number of hydrogen-bond acceptors (Lipinski definition) is 5. The molecule has 0 atom stereocenters. The van der Waals surface area contributed by atoms with Crippen LogP contribution in [0.4, 0.5) is 19.3 Å². The minimum Gasteiger partial charge on any atom is -0.433 e. The Balaban J connectivity index is 1.68. The average Bonchev–Trinajstić information content (AvgIpc) is 3.20.